The summed E-state index contributed by atoms with van der Waals surface area (Å²) in [5, 5.41) is 0. The molecule has 1 saturated heterocycles. The third-order valence-electron chi connectivity index (χ3n) is 3.28. The average molecular weight is 196 g/mol. The lowest BCUT2D eigenvalue weighted by molar-refractivity contribution is -0.114. The molecule has 0 spiro atoms. The lowest BCUT2D eigenvalue weighted by Gasteiger charge is -2.25. The molecule has 1 aliphatic rings. The standard InChI is InChI=1S/C11H20N2O/c1-8(9(2)11(12)14)10(3)13-6-4-5-7-13/h10H,4-7H2,1-3H3,(H2,12,14). The molecule has 0 aromatic heterocycles. The molecule has 1 aliphatic heterocycles. The van der Waals surface area contributed by atoms with Crippen LogP contribution in [0.4, 0.5) is 0 Å². The number of likely N-dealkylation sites (tertiary alicyclic amines) is 1. The van der Waals surface area contributed by atoms with Gasteiger partial charge in [0, 0.05) is 11.6 Å². The van der Waals surface area contributed by atoms with Crippen LogP contribution in [-0.4, -0.2) is 29.9 Å². The monoisotopic (exact) mass is 196 g/mol. The van der Waals surface area contributed by atoms with E-state index in [0.29, 0.717) is 11.6 Å². The van der Waals surface area contributed by atoms with E-state index in [9.17, 15) is 4.79 Å². The molecule has 0 aliphatic carbocycles. The Bertz CT molecular complexity index is 252. The van der Waals surface area contributed by atoms with Crippen LogP contribution in [0, 0.1) is 0 Å². The van der Waals surface area contributed by atoms with Crippen molar-refractivity contribution in [3.63, 3.8) is 0 Å². The number of carbonyl (C=O) groups is 1. The average Bonchev–Trinajstić information content (AvgIpc) is 2.67. The van der Waals surface area contributed by atoms with Crippen molar-refractivity contribution in [3.8, 4) is 0 Å². The largest absolute Gasteiger partial charge is 0.366 e. The Balaban J connectivity index is 2.72. The summed E-state index contributed by atoms with van der Waals surface area (Å²) in [7, 11) is 0. The Morgan fingerprint density at radius 3 is 2.21 bits per heavy atom. The van der Waals surface area contributed by atoms with Crippen LogP contribution in [0.15, 0.2) is 11.1 Å². The van der Waals surface area contributed by atoms with Crippen LogP contribution in [0.5, 0.6) is 0 Å². The first kappa shape index (κ1) is 11.2. The predicted molar refractivity (Wildman–Crippen MR) is 57.8 cm³/mol. The Labute approximate surface area is 86.0 Å². The number of amides is 1. The van der Waals surface area contributed by atoms with Crippen LogP contribution in [0.1, 0.15) is 33.6 Å². The molecule has 1 heterocycles. The summed E-state index contributed by atoms with van der Waals surface area (Å²) in [5.41, 5.74) is 7.08. The van der Waals surface area contributed by atoms with Gasteiger partial charge < -0.3 is 5.73 Å². The van der Waals surface area contributed by atoms with Crippen molar-refractivity contribution in [1.82, 2.24) is 4.90 Å². The maximum absolute atomic E-state index is 11.0. The summed E-state index contributed by atoms with van der Waals surface area (Å²) in [6.07, 6.45) is 2.54. The molecule has 0 aromatic carbocycles. The zero-order chi connectivity index (χ0) is 10.7. The fourth-order valence-electron chi connectivity index (χ4n) is 1.91. The summed E-state index contributed by atoms with van der Waals surface area (Å²) < 4.78 is 0. The van der Waals surface area contributed by atoms with Gasteiger partial charge in [0.05, 0.1) is 0 Å². The fraction of sp³-hybridized carbons (Fsp3) is 0.727. The molecule has 1 rings (SSSR count). The lowest BCUT2D eigenvalue weighted by Crippen LogP contribution is -2.32. The third kappa shape index (κ3) is 2.35. The van der Waals surface area contributed by atoms with Crippen molar-refractivity contribution in [3.05, 3.63) is 11.1 Å². The molecule has 3 nitrogen and oxygen atoms in total. The fourth-order valence-corrected chi connectivity index (χ4v) is 1.91. The Hall–Kier alpha value is -0.830. The van der Waals surface area contributed by atoms with Crippen LogP contribution in [0.3, 0.4) is 0 Å². The van der Waals surface area contributed by atoms with E-state index in [1.54, 1.807) is 0 Å². The van der Waals surface area contributed by atoms with E-state index in [1.807, 2.05) is 13.8 Å². The maximum Gasteiger partial charge on any atom is 0.244 e. The molecule has 14 heavy (non-hydrogen) atoms. The summed E-state index contributed by atoms with van der Waals surface area (Å²) in [6, 6.07) is 0.352. The highest BCUT2D eigenvalue weighted by Crippen LogP contribution is 2.19. The quantitative estimate of drug-likeness (QED) is 0.691. The van der Waals surface area contributed by atoms with Crippen molar-refractivity contribution in [2.24, 2.45) is 5.73 Å². The van der Waals surface area contributed by atoms with Gasteiger partial charge >= 0.3 is 0 Å². The predicted octanol–water partition coefficient (Wildman–Crippen LogP) is 1.29. The van der Waals surface area contributed by atoms with Gasteiger partial charge in [0.25, 0.3) is 0 Å². The topological polar surface area (TPSA) is 46.3 Å². The molecular formula is C11H20N2O. The van der Waals surface area contributed by atoms with E-state index in [4.69, 9.17) is 5.73 Å². The number of hydrogen-bond acceptors (Lipinski definition) is 2. The van der Waals surface area contributed by atoms with E-state index in [2.05, 4.69) is 11.8 Å². The first-order chi connectivity index (χ1) is 6.54. The maximum atomic E-state index is 11.0. The lowest BCUT2D eigenvalue weighted by atomic mass is 10.0. The minimum absolute atomic E-state index is 0.298. The summed E-state index contributed by atoms with van der Waals surface area (Å²) in [4.78, 5) is 13.4. The smallest absolute Gasteiger partial charge is 0.244 e. The number of primary amides is 1. The third-order valence-corrected chi connectivity index (χ3v) is 3.28. The molecule has 0 saturated carbocycles. The zero-order valence-electron chi connectivity index (χ0n) is 9.34. The van der Waals surface area contributed by atoms with Gasteiger partial charge in [-0.05, 0) is 52.3 Å². The van der Waals surface area contributed by atoms with Crippen molar-refractivity contribution in [2.75, 3.05) is 13.1 Å². The molecule has 2 N–H and O–H groups in total. The van der Waals surface area contributed by atoms with Gasteiger partial charge in [-0.15, -0.1) is 0 Å². The van der Waals surface area contributed by atoms with Crippen molar-refractivity contribution in [1.29, 1.82) is 0 Å². The van der Waals surface area contributed by atoms with Crippen LogP contribution >= 0.6 is 0 Å². The molecule has 1 atom stereocenters. The summed E-state index contributed by atoms with van der Waals surface area (Å²) in [6.45, 7) is 8.25. The van der Waals surface area contributed by atoms with Crippen molar-refractivity contribution in [2.45, 2.75) is 39.7 Å². The molecule has 1 amide bonds. The van der Waals surface area contributed by atoms with Gasteiger partial charge in [0.2, 0.25) is 5.91 Å². The normalized spacial score (nSPS) is 21.9. The number of rotatable bonds is 3. The molecule has 80 valence electrons. The van der Waals surface area contributed by atoms with Gasteiger partial charge in [0.15, 0.2) is 0 Å². The molecule has 0 aromatic rings. The second-order valence-electron chi connectivity index (χ2n) is 4.09. The van der Waals surface area contributed by atoms with E-state index < -0.39 is 0 Å². The first-order valence-corrected chi connectivity index (χ1v) is 5.25. The van der Waals surface area contributed by atoms with Crippen LogP contribution in [0.25, 0.3) is 0 Å². The van der Waals surface area contributed by atoms with E-state index >= 15 is 0 Å². The van der Waals surface area contributed by atoms with Crippen LogP contribution < -0.4 is 5.73 Å². The Morgan fingerprint density at radius 1 is 1.29 bits per heavy atom. The zero-order valence-corrected chi connectivity index (χ0v) is 9.34. The van der Waals surface area contributed by atoms with Gasteiger partial charge in [-0.2, -0.15) is 0 Å². The van der Waals surface area contributed by atoms with E-state index in [0.717, 1.165) is 18.7 Å². The molecule has 1 unspecified atom stereocenters. The minimum Gasteiger partial charge on any atom is -0.366 e. The number of hydrogen-bond donors (Lipinski definition) is 1. The summed E-state index contributed by atoms with van der Waals surface area (Å²) in [5.74, 6) is -0.298. The van der Waals surface area contributed by atoms with E-state index in [-0.39, 0.29) is 5.91 Å². The Kier molecular flexibility index (Phi) is 3.69. The SMILES string of the molecule is CC(C(N)=O)=C(C)C(C)N1CCCC1. The number of nitrogens with zero attached hydrogens (tertiary/aromatic N) is 1. The molecular weight excluding hydrogens is 176 g/mol. The van der Waals surface area contributed by atoms with E-state index in [1.165, 1.54) is 12.8 Å². The molecule has 3 heteroatoms. The highest BCUT2D eigenvalue weighted by Gasteiger charge is 2.20. The number of nitrogens with two attached hydrogens (primary N) is 1. The van der Waals surface area contributed by atoms with Crippen molar-refractivity contribution < 1.29 is 4.79 Å². The van der Waals surface area contributed by atoms with Gasteiger partial charge in [-0.1, -0.05) is 0 Å². The minimum atomic E-state index is -0.298. The Morgan fingerprint density at radius 2 is 1.79 bits per heavy atom. The van der Waals surface area contributed by atoms with Gasteiger partial charge in [-0.3, -0.25) is 9.69 Å². The second kappa shape index (κ2) is 4.60. The summed E-state index contributed by atoms with van der Waals surface area (Å²) >= 11 is 0. The van der Waals surface area contributed by atoms with Crippen molar-refractivity contribution >= 4 is 5.91 Å². The van der Waals surface area contributed by atoms with Gasteiger partial charge in [0.1, 0.15) is 0 Å². The highest BCUT2D eigenvalue weighted by atomic mass is 16.1. The van der Waals surface area contributed by atoms with Crippen LogP contribution in [0.2, 0.25) is 0 Å². The molecule has 1 fully saturated rings. The van der Waals surface area contributed by atoms with Crippen LogP contribution in [-0.2, 0) is 4.79 Å². The second-order valence-corrected chi connectivity index (χ2v) is 4.09. The first-order valence-electron chi connectivity index (χ1n) is 5.25. The van der Waals surface area contributed by atoms with Gasteiger partial charge in [-0.25, -0.2) is 0 Å². The number of carbonyl (C=O) groups excluding carboxylic acids is 1. The highest BCUT2D eigenvalue weighted by molar-refractivity contribution is 5.92. The molecule has 0 radical (unpaired) electrons. The molecule has 0 bridgehead atoms.